The van der Waals surface area contributed by atoms with Gasteiger partial charge in [-0.25, -0.2) is 8.42 Å². The molecule has 1 aliphatic rings. The highest BCUT2D eigenvalue weighted by atomic mass is 32.2. The number of rotatable bonds is 8. The van der Waals surface area contributed by atoms with Gasteiger partial charge in [-0.15, -0.1) is 0 Å². The predicted molar refractivity (Wildman–Crippen MR) is 129 cm³/mol. The Hall–Kier alpha value is -3.17. The van der Waals surface area contributed by atoms with E-state index in [1.807, 2.05) is 37.3 Å². The standard InChI is InChI=1S/C24H28N4O4S/c1-2-27(18-8-4-3-5-9-18)15-12-25-24(30)21-17-23(29)26-22-11-10-19(16-20(21)22)33(31,32)28-13-6-7-14-28/h3-5,8-11,16-17H,2,6-7,12-15H2,1H3,(H,25,30)(H,26,29). The van der Waals surface area contributed by atoms with E-state index >= 15 is 0 Å². The van der Waals surface area contributed by atoms with Gasteiger partial charge < -0.3 is 15.2 Å². The van der Waals surface area contributed by atoms with E-state index in [2.05, 4.69) is 15.2 Å². The summed E-state index contributed by atoms with van der Waals surface area (Å²) in [5.74, 6) is -0.411. The van der Waals surface area contributed by atoms with Crippen molar-refractivity contribution in [3.05, 3.63) is 70.5 Å². The van der Waals surface area contributed by atoms with Crippen LogP contribution in [0.2, 0.25) is 0 Å². The van der Waals surface area contributed by atoms with Gasteiger partial charge in [-0.05, 0) is 50.1 Å². The highest BCUT2D eigenvalue weighted by Crippen LogP contribution is 2.25. The van der Waals surface area contributed by atoms with Gasteiger partial charge in [0.05, 0.1) is 10.5 Å². The number of nitrogens with one attached hydrogen (secondary N) is 2. The van der Waals surface area contributed by atoms with Crippen molar-refractivity contribution in [2.45, 2.75) is 24.7 Å². The Morgan fingerprint density at radius 3 is 2.52 bits per heavy atom. The Balaban J connectivity index is 1.57. The number of hydrogen-bond donors (Lipinski definition) is 2. The smallest absolute Gasteiger partial charge is 0.252 e. The number of hydrogen-bond acceptors (Lipinski definition) is 5. The molecule has 2 heterocycles. The third-order valence-corrected chi connectivity index (χ3v) is 7.83. The average Bonchev–Trinajstić information content (AvgIpc) is 3.37. The molecule has 4 rings (SSSR count). The lowest BCUT2D eigenvalue weighted by Crippen LogP contribution is -2.35. The summed E-state index contributed by atoms with van der Waals surface area (Å²) in [5, 5.41) is 3.28. The number of H-pyrrole nitrogens is 1. The number of para-hydroxylation sites is 1. The van der Waals surface area contributed by atoms with E-state index in [4.69, 9.17) is 0 Å². The molecule has 2 N–H and O–H groups in total. The SMILES string of the molecule is CCN(CCNC(=O)c1cc(=O)[nH]c2ccc(S(=O)(=O)N3CCCC3)cc12)c1ccccc1. The fraction of sp³-hybridized carbons (Fsp3) is 0.333. The first-order chi connectivity index (χ1) is 15.9. The Bertz CT molecular complexity index is 1300. The summed E-state index contributed by atoms with van der Waals surface area (Å²) < 4.78 is 27.4. The molecule has 3 aromatic rings. The number of sulfonamides is 1. The molecule has 1 saturated heterocycles. The lowest BCUT2D eigenvalue weighted by atomic mass is 10.1. The fourth-order valence-electron chi connectivity index (χ4n) is 4.17. The van der Waals surface area contributed by atoms with Crippen LogP contribution in [0.5, 0.6) is 0 Å². The molecule has 0 spiro atoms. The molecule has 0 saturated carbocycles. The average molecular weight is 469 g/mol. The van der Waals surface area contributed by atoms with Crippen molar-refractivity contribution >= 4 is 32.5 Å². The molecule has 0 unspecified atom stereocenters. The molecule has 0 bridgehead atoms. The Labute approximate surface area is 193 Å². The number of fused-ring (bicyclic) bond motifs is 1. The van der Waals surface area contributed by atoms with Crippen molar-refractivity contribution in [1.29, 1.82) is 0 Å². The zero-order valence-electron chi connectivity index (χ0n) is 18.6. The minimum absolute atomic E-state index is 0.124. The van der Waals surface area contributed by atoms with Crippen LogP contribution >= 0.6 is 0 Å². The molecule has 9 heteroatoms. The number of carbonyl (C=O) groups is 1. The summed E-state index contributed by atoms with van der Waals surface area (Å²) in [4.78, 5) is 30.1. The summed E-state index contributed by atoms with van der Waals surface area (Å²) in [6.45, 7) is 4.79. The molecule has 1 aromatic heterocycles. The molecule has 0 atom stereocenters. The largest absolute Gasteiger partial charge is 0.370 e. The van der Waals surface area contributed by atoms with E-state index in [-0.39, 0.29) is 10.5 Å². The maximum absolute atomic E-state index is 13.0. The minimum Gasteiger partial charge on any atom is -0.370 e. The van der Waals surface area contributed by atoms with Crippen molar-refractivity contribution in [1.82, 2.24) is 14.6 Å². The van der Waals surface area contributed by atoms with E-state index in [0.717, 1.165) is 25.1 Å². The summed E-state index contributed by atoms with van der Waals surface area (Å²) in [5.41, 5.74) is 1.23. The molecule has 0 radical (unpaired) electrons. The van der Waals surface area contributed by atoms with Gasteiger partial charge in [0.2, 0.25) is 15.6 Å². The van der Waals surface area contributed by atoms with Crippen molar-refractivity contribution < 1.29 is 13.2 Å². The van der Waals surface area contributed by atoms with Crippen molar-refractivity contribution in [3.8, 4) is 0 Å². The lowest BCUT2D eigenvalue weighted by Gasteiger charge is -2.23. The van der Waals surface area contributed by atoms with Crippen LogP contribution in [0.1, 0.15) is 30.1 Å². The molecule has 1 fully saturated rings. The van der Waals surface area contributed by atoms with Gasteiger partial charge in [0.25, 0.3) is 5.91 Å². The minimum atomic E-state index is -3.64. The van der Waals surface area contributed by atoms with Crippen molar-refractivity contribution in [2.24, 2.45) is 0 Å². The maximum atomic E-state index is 13.0. The van der Waals surface area contributed by atoms with Gasteiger partial charge in [0, 0.05) is 55.4 Å². The second-order valence-electron chi connectivity index (χ2n) is 8.04. The Kier molecular flexibility index (Phi) is 6.80. The normalized spacial score (nSPS) is 14.5. The maximum Gasteiger partial charge on any atom is 0.252 e. The van der Waals surface area contributed by atoms with Gasteiger partial charge >= 0.3 is 0 Å². The molecule has 0 aliphatic carbocycles. The van der Waals surface area contributed by atoms with E-state index in [1.54, 1.807) is 6.07 Å². The number of aromatic amines is 1. The number of pyridine rings is 1. The van der Waals surface area contributed by atoms with Crippen LogP contribution in [0, 0.1) is 0 Å². The van der Waals surface area contributed by atoms with Crippen LogP contribution in [0.3, 0.4) is 0 Å². The molecule has 174 valence electrons. The summed E-state index contributed by atoms with van der Waals surface area (Å²) in [6, 6.07) is 15.6. The topological polar surface area (TPSA) is 103 Å². The molecule has 2 aromatic carbocycles. The first-order valence-corrected chi connectivity index (χ1v) is 12.6. The summed E-state index contributed by atoms with van der Waals surface area (Å²) >= 11 is 0. The number of amides is 1. The Morgan fingerprint density at radius 1 is 1.09 bits per heavy atom. The molecule has 8 nitrogen and oxygen atoms in total. The van der Waals surface area contributed by atoms with Crippen LogP contribution < -0.4 is 15.8 Å². The van der Waals surface area contributed by atoms with Gasteiger partial charge in [-0.2, -0.15) is 4.31 Å². The van der Waals surface area contributed by atoms with Gasteiger partial charge in [-0.3, -0.25) is 9.59 Å². The molecular weight excluding hydrogens is 440 g/mol. The predicted octanol–water partition coefficient (Wildman–Crippen LogP) is 2.57. The monoisotopic (exact) mass is 468 g/mol. The summed E-state index contributed by atoms with van der Waals surface area (Å²) in [7, 11) is -3.64. The third kappa shape index (κ3) is 4.94. The second-order valence-corrected chi connectivity index (χ2v) is 9.97. The van der Waals surface area contributed by atoms with Gasteiger partial charge in [-0.1, -0.05) is 18.2 Å². The molecule has 1 amide bonds. The Morgan fingerprint density at radius 2 is 1.82 bits per heavy atom. The number of carbonyl (C=O) groups excluding carboxylic acids is 1. The van der Waals surface area contributed by atoms with E-state index < -0.39 is 21.5 Å². The number of anilines is 1. The van der Waals surface area contributed by atoms with Crippen LogP contribution in [0.4, 0.5) is 5.69 Å². The third-order valence-electron chi connectivity index (χ3n) is 5.93. The van der Waals surface area contributed by atoms with Crippen molar-refractivity contribution in [2.75, 3.05) is 37.6 Å². The van der Waals surface area contributed by atoms with Gasteiger partial charge in [0.1, 0.15) is 0 Å². The molecular formula is C24H28N4O4S. The van der Waals surface area contributed by atoms with Crippen molar-refractivity contribution in [3.63, 3.8) is 0 Å². The van der Waals surface area contributed by atoms with Gasteiger partial charge in [0.15, 0.2) is 0 Å². The second kappa shape index (κ2) is 9.76. The van der Waals surface area contributed by atoms with Crippen LogP contribution in [-0.2, 0) is 10.0 Å². The highest BCUT2D eigenvalue weighted by Gasteiger charge is 2.27. The zero-order valence-corrected chi connectivity index (χ0v) is 19.4. The number of likely N-dealkylation sites (N-methyl/N-ethyl adjacent to an activating group) is 1. The number of benzene rings is 2. The molecule has 1 aliphatic heterocycles. The van der Waals surface area contributed by atoms with Crippen LogP contribution in [-0.4, -0.2) is 56.3 Å². The van der Waals surface area contributed by atoms with Crippen LogP contribution in [0.15, 0.2) is 64.3 Å². The quantitative estimate of drug-likeness (QED) is 0.529. The number of nitrogens with zero attached hydrogens (tertiary/aromatic N) is 2. The summed E-state index contributed by atoms with van der Waals surface area (Å²) in [6.07, 6.45) is 1.68. The highest BCUT2D eigenvalue weighted by molar-refractivity contribution is 7.89. The van der Waals surface area contributed by atoms with E-state index in [9.17, 15) is 18.0 Å². The zero-order chi connectivity index (χ0) is 23.4. The first-order valence-electron chi connectivity index (χ1n) is 11.2. The van der Waals surface area contributed by atoms with E-state index in [0.29, 0.717) is 37.1 Å². The molecule has 33 heavy (non-hydrogen) atoms. The lowest BCUT2D eigenvalue weighted by molar-refractivity contribution is 0.0956. The van der Waals surface area contributed by atoms with E-state index in [1.165, 1.54) is 22.5 Å². The number of aromatic nitrogens is 1. The first kappa shape index (κ1) is 23.0. The van der Waals surface area contributed by atoms with Crippen LogP contribution in [0.25, 0.3) is 10.9 Å². The fourth-order valence-corrected chi connectivity index (χ4v) is 5.71.